The molecule has 1 fully saturated rings. The zero-order chi connectivity index (χ0) is 17.1. The van der Waals surface area contributed by atoms with Gasteiger partial charge in [0.15, 0.2) is 4.34 Å². The molecule has 128 valence electrons. The van der Waals surface area contributed by atoms with Gasteiger partial charge in [-0.1, -0.05) is 23.9 Å². The predicted molar refractivity (Wildman–Crippen MR) is 98.0 cm³/mol. The van der Waals surface area contributed by atoms with Crippen molar-refractivity contribution in [2.24, 2.45) is 0 Å². The number of benzene rings is 1. The number of carbonyl (C=O) groups is 1. The van der Waals surface area contributed by atoms with Gasteiger partial charge in [0, 0.05) is 25.2 Å². The van der Waals surface area contributed by atoms with E-state index < -0.39 is 0 Å². The number of rotatable bonds is 5. The SMILES string of the molecule is O=C(CSc1nc2ccccc2s1)N1CCC(Oc2cccnn2)C1. The summed E-state index contributed by atoms with van der Waals surface area (Å²) in [7, 11) is 0. The van der Waals surface area contributed by atoms with Crippen molar-refractivity contribution in [2.75, 3.05) is 18.8 Å². The van der Waals surface area contributed by atoms with E-state index in [0.29, 0.717) is 24.7 Å². The van der Waals surface area contributed by atoms with Gasteiger partial charge in [-0.3, -0.25) is 4.79 Å². The van der Waals surface area contributed by atoms with E-state index in [9.17, 15) is 4.79 Å². The van der Waals surface area contributed by atoms with E-state index in [0.717, 1.165) is 21.0 Å². The first-order valence-corrected chi connectivity index (χ1v) is 9.78. The van der Waals surface area contributed by atoms with E-state index >= 15 is 0 Å². The maximum Gasteiger partial charge on any atom is 0.233 e. The maximum atomic E-state index is 12.4. The van der Waals surface area contributed by atoms with Crippen molar-refractivity contribution in [3.63, 3.8) is 0 Å². The van der Waals surface area contributed by atoms with Gasteiger partial charge in [-0.2, -0.15) is 5.10 Å². The number of hydrogen-bond acceptors (Lipinski definition) is 7. The lowest BCUT2D eigenvalue weighted by Gasteiger charge is -2.16. The fraction of sp³-hybridized carbons (Fsp3) is 0.294. The third-order valence-electron chi connectivity index (χ3n) is 3.93. The average molecular weight is 372 g/mol. The number of thiazole rings is 1. The fourth-order valence-electron chi connectivity index (χ4n) is 2.70. The Hall–Kier alpha value is -2.19. The molecule has 1 atom stereocenters. The summed E-state index contributed by atoms with van der Waals surface area (Å²) < 4.78 is 7.85. The van der Waals surface area contributed by atoms with Crippen LogP contribution in [-0.2, 0) is 4.79 Å². The minimum absolute atomic E-state index is 0.0203. The van der Waals surface area contributed by atoms with Crippen molar-refractivity contribution in [1.29, 1.82) is 0 Å². The summed E-state index contributed by atoms with van der Waals surface area (Å²) in [5, 5.41) is 7.72. The molecule has 2 aromatic heterocycles. The molecule has 1 aliphatic heterocycles. The van der Waals surface area contributed by atoms with Crippen molar-refractivity contribution >= 4 is 39.2 Å². The van der Waals surface area contributed by atoms with Gasteiger partial charge in [0.1, 0.15) is 6.10 Å². The second-order valence-electron chi connectivity index (χ2n) is 5.67. The van der Waals surface area contributed by atoms with Crippen LogP contribution in [0.25, 0.3) is 10.2 Å². The summed E-state index contributed by atoms with van der Waals surface area (Å²) in [6, 6.07) is 11.6. The van der Waals surface area contributed by atoms with Gasteiger partial charge in [-0.25, -0.2) is 4.98 Å². The molecule has 3 aromatic rings. The predicted octanol–water partition coefficient (Wildman–Crippen LogP) is 2.86. The molecule has 1 aromatic carbocycles. The molecule has 1 aliphatic rings. The van der Waals surface area contributed by atoms with Crippen molar-refractivity contribution < 1.29 is 9.53 Å². The van der Waals surface area contributed by atoms with Gasteiger partial charge in [0.2, 0.25) is 11.8 Å². The van der Waals surface area contributed by atoms with E-state index in [1.165, 1.54) is 11.8 Å². The topological polar surface area (TPSA) is 68.2 Å². The van der Waals surface area contributed by atoms with Crippen molar-refractivity contribution in [3.05, 3.63) is 42.6 Å². The van der Waals surface area contributed by atoms with Crippen molar-refractivity contribution in [2.45, 2.75) is 16.9 Å². The number of likely N-dealkylation sites (tertiary alicyclic amines) is 1. The van der Waals surface area contributed by atoms with Gasteiger partial charge in [0.25, 0.3) is 0 Å². The lowest BCUT2D eigenvalue weighted by molar-refractivity contribution is -0.127. The Morgan fingerprint density at radius 3 is 3.08 bits per heavy atom. The zero-order valence-corrected chi connectivity index (χ0v) is 15.0. The number of ether oxygens (including phenoxy) is 1. The molecule has 0 N–H and O–H groups in total. The highest BCUT2D eigenvalue weighted by atomic mass is 32.2. The smallest absolute Gasteiger partial charge is 0.233 e. The van der Waals surface area contributed by atoms with Gasteiger partial charge in [-0.05, 0) is 18.2 Å². The molecule has 1 saturated heterocycles. The molecular formula is C17H16N4O2S2. The molecule has 0 bridgehead atoms. The molecule has 0 saturated carbocycles. The van der Waals surface area contributed by atoms with Crippen LogP contribution < -0.4 is 4.74 Å². The number of fused-ring (bicyclic) bond motifs is 1. The molecule has 1 amide bonds. The molecule has 1 unspecified atom stereocenters. The number of amides is 1. The van der Waals surface area contributed by atoms with Crippen LogP contribution in [0.4, 0.5) is 0 Å². The highest BCUT2D eigenvalue weighted by Crippen LogP contribution is 2.29. The first-order chi connectivity index (χ1) is 12.3. The molecule has 8 heteroatoms. The van der Waals surface area contributed by atoms with E-state index in [4.69, 9.17) is 4.74 Å². The van der Waals surface area contributed by atoms with Gasteiger partial charge >= 0.3 is 0 Å². The third-order valence-corrected chi connectivity index (χ3v) is 6.09. The molecular weight excluding hydrogens is 356 g/mol. The van der Waals surface area contributed by atoms with Crippen LogP contribution in [0.2, 0.25) is 0 Å². The number of aromatic nitrogens is 3. The lowest BCUT2D eigenvalue weighted by Crippen LogP contribution is -2.32. The van der Waals surface area contributed by atoms with Crippen LogP contribution in [0.1, 0.15) is 6.42 Å². The number of thioether (sulfide) groups is 1. The minimum Gasteiger partial charge on any atom is -0.471 e. The average Bonchev–Trinajstić information content (AvgIpc) is 3.27. The van der Waals surface area contributed by atoms with Crippen molar-refractivity contribution in [1.82, 2.24) is 20.1 Å². The number of para-hydroxylation sites is 1. The lowest BCUT2D eigenvalue weighted by atomic mass is 10.3. The second-order valence-corrected chi connectivity index (χ2v) is 7.92. The quantitative estimate of drug-likeness (QED) is 0.642. The summed E-state index contributed by atoms with van der Waals surface area (Å²) in [6.45, 7) is 1.31. The van der Waals surface area contributed by atoms with Crippen LogP contribution in [0.3, 0.4) is 0 Å². The molecule has 0 radical (unpaired) electrons. The highest BCUT2D eigenvalue weighted by molar-refractivity contribution is 8.01. The summed E-state index contributed by atoms with van der Waals surface area (Å²) in [6.07, 6.45) is 2.40. The standard InChI is InChI=1S/C17H16N4O2S2/c22-16(11-24-17-19-13-4-1-2-5-14(13)25-17)21-9-7-12(10-21)23-15-6-3-8-18-20-15/h1-6,8,12H,7,9-11H2. The zero-order valence-electron chi connectivity index (χ0n) is 13.4. The van der Waals surface area contributed by atoms with Crippen LogP contribution >= 0.6 is 23.1 Å². The maximum absolute atomic E-state index is 12.4. The Kier molecular flexibility index (Phi) is 4.80. The Morgan fingerprint density at radius 2 is 2.24 bits per heavy atom. The van der Waals surface area contributed by atoms with Crippen LogP contribution in [0.5, 0.6) is 5.88 Å². The monoisotopic (exact) mass is 372 g/mol. The minimum atomic E-state index is -0.0203. The van der Waals surface area contributed by atoms with E-state index in [1.807, 2.05) is 29.2 Å². The Labute approximate surface area is 153 Å². The van der Waals surface area contributed by atoms with Gasteiger partial charge < -0.3 is 9.64 Å². The first-order valence-electron chi connectivity index (χ1n) is 7.98. The first kappa shape index (κ1) is 16.3. The van der Waals surface area contributed by atoms with E-state index in [-0.39, 0.29) is 12.0 Å². The van der Waals surface area contributed by atoms with Crippen molar-refractivity contribution in [3.8, 4) is 5.88 Å². The largest absolute Gasteiger partial charge is 0.471 e. The Balaban J connectivity index is 1.30. The molecule has 0 spiro atoms. The summed E-state index contributed by atoms with van der Waals surface area (Å²) in [5.41, 5.74) is 0.987. The van der Waals surface area contributed by atoms with Crippen LogP contribution in [-0.4, -0.2) is 50.9 Å². The van der Waals surface area contributed by atoms with Crippen LogP contribution in [0, 0.1) is 0 Å². The Bertz CT molecular complexity index is 838. The highest BCUT2D eigenvalue weighted by Gasteiger charge is 2.28. The number of hydrogen-bond donors (Lipinski definition) is 0. The molecule has 0 aliphatic carbocycles. The van der Waals surface area contributed by atoms with E-state index in [2.05, 4.69) is 15.2 Å². The van der Waals surface area contributed by atoms with Gasteiger partial charge in [0.05, 0.1) is 22.5 Å². The number of nitrogens with zero attached hydrogens (tertiary/aromatic N) is 4. The number of carbonyl (C=O) groups excluding carboxylic acids is 1. The molecule has 4 rings (SSSR count). The second kappa shape index (κ2) is 7.37. The summed E-state index contributed by atoms with van der Waals surface area (Å²) in [4.78, 5) is 18.8. The summed E-state index contributed by atoms with van der Waals surface area (Å²) >= 11 is 3.12. The Morgan fingerprint density at radius 1 is 1.32 bits per heavy atom. The van der Waals surface area contributed by atoms with Crippen LogP contribution in [0.15, 0.2) is 46.9 Å². The normalized spacial score (nSPS) is 17.1. The molecule has 3 heterocycles. The van der Waals surface area contributed by atoms with E-state index in [1.54, 1.807) is 29.7 Å². The molecule has 6 nitrogen and oxygen atoms in total. The summed E-state index contributed by atoms with van der Waals surface area (Å²) in [5.74, 6) is 1.03. The molecule has 25 heavy (non-hydrogen) atoms. The fourth-order valence-corrected chi connectivity index (χ4v) is 4.67. The third kappa shape index (κ3) is 3.91. The van der Waals surface area contributed by atoms with Gasteiger partial charge in [-0.15, -0.1) is 16.4 Å².